The van der Waals surface area contributed by atoms with Crippen LogP contribution in [0.4, 0.5) is 0 Å². The number of morpholine rings is 2. The third-order valence-corrected chi connectivity index (χ3v) is 11.6. The number of benzene rings is 4. The Morgan fingerprint density at radius 2 is 1.06 bits per heavy atom. The molecule has 4 aliphatic heterocycles. The average molecular weight is 1130 g/mol. The van der Waals surface area contributed by atoms with Gasteiger partial charge in [-0.15, -0.1) is 11.6 Å². The van der Waals surface area contributed by atoms with Gasteiger partial charge in [-0.3, -0.25) is 38.4 Å². The van der Waals surface area contributed by atoms with Gasteiger partial charge in [-0.2, -0.15) is 0 Å². The van der Waals surface area contributed by atoms with E-state index in [0.717, 1.165) is 12.1 Å². The number of nitrogens with two attached hydrogens (primary N) is 2. The summed E-state index contributed by atoms with van der Waals surface area (Å²) in [5.41, 5.74) is 10.4. The Balaban J connectivity index is 0.000000249. The fraction of sp³-hybridized carbons (Fsp3) is 0.448. The first-order valence-electron chi connectivity index (χ1n) is 32.4. The lowest BCUT2D eigenvalue weighted by Crippen LogP contribution is -2.45. The number of hydrogen-bond donors (Lipinski definition) is 3. The van der Waals surface area contributed by atoms with Crippen LogP contribution < -0.4 is 16.2 Å². The van der Waals surface area contributed by atoms with E-state index in [9.17, 15) is 43.5 Å². The van der Waals surface area contributed by atoms with Crippen molar-refractivity contribution >= 4 is 59.0 Å². The third kappa shape index (κ3) is 17.5. The normalized spacial score (nSPS) is 22.2. The van der Waals surface area contributed by atoms with Crippen LogP contribution in [0, 0.1) is 0 Å². The number of halogens is 1. The summed E-state index contributed by atoms with van der Waals surface area (Å²) in [4.78, 5) is 101. The van der Waals surface area contributed by atoms with Gasteiger partial charge in [-0.1, -0.05) is 60.7 Å². The number of aromatic hydroxyl groups is 1. The topological polar surface area (TPSA) is 268 Å². The van der Waals surface area contributed by atoms with Crippen molar-refractivity contribution in [2.45, 2.75) is 129 Å². The van der Waals surface area contributed by atoms with Crippen molar-refractivity contribution in [2.24, 2.45) is 11.5 Å². The molecule has 0 aliphatic carbocycles. The average Bonchev–Trinajstić information content (AvgIpc) is 1.61. The number of carbonyl (C=O) groups excluding carboxylic acids is 8. The minimum Gasteiger partial charge on any atom is -0.508 e. The standard InChI is InChI=1S/C29H35N3O7.C17H22N2O5.C12H14ClNO2/c1-29(2,3)39-26(34)12-11-23(27(30)35)32-16-22-21(28(32)36)5-4-6-24(22)38-17-20-9-7-19(8-10-20)15-31-13-14-37-18-25(31)33;1-17(2,3)24-14(21)8-7-12(15(18)22)19-9-11-10(16(19)23)5-4-6-13(11)20;13-7-10-1-3-11(4-2-10)8-14-5-6-16-9-12(14)15/h4-10,23H,11-18H2,1-3H3,(H2,30,35);4-6,12,20H,7-9H2,1-3H3,(H2,18,22);1-4H,5-9H2/t23-;12-;/m00./s1/i13D2,14D2,15D2,17D2;;5D2,6D2,7D2,8D2. The van der Waals surface area contributed by atoms with Crippen molar-refractivity contribution in [3.8, 4) is 11.5 Å². The summed E-state index contributed by atoms with van der Waals surface area (Å²) in [7, 11) is 0. The second-order valence-electron chi connectivity index (χ2n) is 19.7. The van der Waals surface area contributed by atoms with E-state index in [1.807, 2.05) is 0 Å². The Morgan fingerprint density at radius 3 is 1.49 bits per heavy atom. The largest absolute Gasteiger partial charge is 0.508 e. The quantitative estimate of drug-likeness (QED) is 0.0802. The molecule has 79 heavy (non-hydrogen) atoms. The molecule has 0 spiro atoms. The van der Waals surface area contributed by atoms with Crippen LogP contribution >= 0.6 is 11.6 Å². The summed E-state index contributed by atoms with van der Waals surface area (Å²) in [5.74, 6) is -7.85. The lowest BCUT2D eigenvalue weighted by molar-refractivity contribution is -0.156. The van der Waals surface area contributed by atoms with Crippen LogP contribution in [0.5, 0.6) is 11.5 Å². The van der Waals surface area contributed by atoms with Crippen LogP contribution in [-0.4, -0.2) is 135 Å². The molecule has 4 aromatic carbocycles. The highest BCUT2D eigenvalue weighted by Crippen LogP contribution is 2.35. The van der Waals surface area contributed by atoms with E-state index in [2.05, 4.69) is 9.47 Å². The fourth-order valence-electron chi connectivity index (χ4n) is 7.84. The van der Waals surface area contributed by atoms with E-state index < -0.39 is 129 Å². The van der Waals surface area contributed by atoms with Gasteiger partial charge in [-0.25, -0.2) is 0 Å². The van der Waals surface area contributed by atoms with Gasteiger partial charge in [0.1, 0.15) is 54.6 Å². The number of primary amides is 2. The van der Waals surface area contributed by atoms with Crippen LogP contribution in [0.1, 0.15) is 143 Å². The minimum absolute atomic E-state index is 0.00119. The Labute approximate surface area is 487 Å². The third-order valence-electron chi connectivity index (χ3n) is 11.4. The van der Waals surface area contributed by atoms with Gasteiger partial charge < -0.3 is 59.9 Å². The van der Waals surface area contributed by atoms with Crippen LogP contribution in [0.15, 0.2) is 84.9 Å². The maximum atomic E-state index is 13.3. The monoisotopic (exact) mass is 1130 g/mol. The van der Waals surface area contributed by atoms with E-state index in [4.69, 9.17) is 59.2 Å². The molecule has 2 saturated heterocycles. The van der Waals surface area contributed by atoms with E-state index in [-0.39, 0.29) is 99.4 Å². The molecule has 0 bridgehead atoms. The molecule has 424 valence electrons. The molecular formula is C58H71ClN6O14. The first kappa shape index (κ1) is 41.5. The Morgan fingerprint density at radius 1 is 0.646 bits per heavy atom. The zero-order valence-electron chi connectivity index (χ0n) is 60.0. The highest BCUT2D eigenvalue weighted by molar-refractivity contribution is 6.17. The molecule has 4 aliphatic rings. The highest BCUT2D eigenvalue weighted by atomic mass is 35.5. The van der Waals surface area contributed by atoms with Crippen molar-refractivity contribution in [3.05, 3.63) is 129 Å². The first-order valence-corrected chi connectivity index (χ1v) is 24.8. The molecule has 20 nitrogen and oxygen atoms in total. The number of nitrogens with zero attached hydrogens (tertiary/aromatic N) is 4. The van der Waals surface area contributed by atoms with Crippen molar-refractivity contribution in [1.29, 1.82) is 0 Å². The number of alkyl halides is 1. The number of esters is 2. The Hall–Kier alpha value is -7.55. The number of fused-ring (bicyclic) bond motifs is 2. The minimum atomic E-state index is -3.18. The molecule has 2 atom stereocenters. The zero-order chi connectivity index (χ0) is 71.9. The lowest BCUT2D eigenvalue weighted by atomic mass is 10.1. The lowest BCUT2D eigenvalue weighted by Gasteiger charge is -2.26. The van der Waals surface area contributed by atoms with Crippen LogP contribution in [0.25, 0.3) is 0 Å². The van der Waals surface area contributed by atoms with E-state index in [1.165, 1.54) is 70.5 Å². The van der Waals surface area contributed by atoms with Crippen LogP contribution in [0.2, 0.25) is 0 Å². The van der Waals surface area contributed by atoms with Gasteiger partial charge in [0.2, 0.25) is 23.6 Å². The van der Waals surface area contributed by atoms with Gasteiger partial charge in [0.05, 0.1) is 45.4 Å². The first-order chi connectivity index (χ1) is 43.3. The molecule has 6 amide bonds. The van der Waals surface area contributed by atoms with E-state index in [0.29, 0.717) is 11.1 Å². The molecular weight excluding hydrogens is 1040 g/mol. The second kappa shape index (κ2) is 27.4. The summed E-state index contributed by atoms with van der Waals surface area (Å²) >= 11 is 5.53. The Kier molecular flexibility index (Phi) is 14.4. The number of hydrogen-bond acceptors (Lipinski definition) is 14. The molecule has 5 N–H and O–H groups in total. The van der Waals surface area contributed by atoms with E-state index in [1.54, 1.807) is 53.7 Å². The number of amides is 6. The summed E-state index contributed by atoms with van der Waals surface area (Å²) in [6.07, 6.45) is -0.229. The van der Waals surface area contributed by atoms with Crippen molar-refractivity contribution in [3.63, 3.8) is 0 Å². The smallest absolute Gasteiger partial charge is 0.306 e. The van der Waals surface area contributed by atoms with Gasteiger partial charge in [0.15, 0.2) is 0 Å². The number of ether oxygens (including phenoxy) is 5. The number of rotatable bonds is 18. The predicted octanol–water partition coefficient (Wildman–Crippen LogP) is 5.66. The molecule has 2 fully saturated rings. The molecule has 8 rings (SSSR count). The summed E-state index contributed by atoms with van der Waals surface area (Å²) < 4.78 is 153. The van der Waals surface area contributed by atoms with Gasteiger partial charge in [-0.05, 0) is 101 Å². The summed E-state index contributed by atoms with van der Waals surface area (Å²) in [5, 5.41) is 9.86. The van der Waals surface area contributed by atoms with Gasteiger partial charge in [0, 0.05) is 69.7 Å². The van der Waals surface area contributed by atoms with Crippen LogP contribution in [0.3, 0.4) is 0 Å². The number of phenolic OH excluding ortho intramolecular Hbond substituents is 1. The molecule has 21 heteroatoms. The fourth-order valence-corrected chi connectivity index (χ4v) is 7.97. The number of carbonyl (C=O) groups is 8. The molecule has 0 saturated carbocycles. The van der Waals surface area contributed by atoms with Crippen molar-refractivity contribution in [1.82, 2.24) is 19.6 Å². The molecule has 0 radical (unpaired) electrons. The molecule has 4 aromatic rings. The maximum Gasteiger partial charge on any atom is 0.306 e. The molecule has 0 unspecified atom stereocenters. The molecule has 4 heterocycles. The number of phenols is 1. The van der Waals surface area contributed by atoms with E-state index >= 15 is 0 Å². The van der Waals surface area contributed by atoms with Crippen molar-refractivity contribution in [2.75, 3.05) is 39.3 Å². The predicted molar refractivity (Wildman–Crippen MR) is 290 cm³/mol. The van der Waals surface area contributed by atoms with Crippen LogP contribution in [-0.2, 0) is 86.2 Å². The SMILES string of the molecule is CC(C)(C)OC(=O)CC[C@@H](C(N)=O)N1Cc2c(O)cccc2C1=O.[2H]C([2H])(Cl)c1ccc(C([2H])([2H])N2C(=O)COC([2H])([2H])C2([2H])[2H])cc1.[2H]C([2H])(Oc1cccc2c1CN([C@@H](CCC(=O)OC(C)(C)C)C(N)=O)C2=O)c1ccc(C([2H])([2H])N2C(=O)COC([2H])([2H])C2([2H])[2H])cc1. The van der Waals surface area contributed by atoms with Gasteiger partial charge in [0.25, 0.3) is 11.8 Å². The summed E-state index contributed by atoms with van der Waals surface area (Å²) in [6.45, 7) is -11.6. The van der Waals surface area contributed by atoms with Crippen molar-refractivity contribution < 1.29 is 89.1 Å². The highest BCUT2D eigenvalue weighted by Gasteiger charge is 2.39. The summed E-state index contributed by atoms with van der Waals surface area (Å²) in [6, 6.07) is 16.3. The van der Waals surface area contributed by atoms with Gasteiger partial charge >= 0.3 is 11.9 Å². The maximum absolute atomic E-state index is 13.3. The molecule has 0 aromatic heterocycles. The second-order valence-corrected chi connectivity index (χ2v) is 19.9. The Bertz CT molecular complexity index is 3610. The zero-order valence-corrected chi connectivity index (χ0v) is 44.7.